The number of imidazole rings is 1. The van der Waals surface area contributed by atoms with Gasteiger partial charge in [0, 0.05) is 45.6 Å². The molecule has 1 aromatic heterocycles. The summed E-state index contributed by atoms with van der Waals surface area (Å²) in [5.74, 6) is 1.97. The fourth-order valence-corrected chi connectivity index (χ4v) is 3.17. The summed E-state index contributed by atoms with van der Waals surface area (Å²) < 4.78 is 7.30. The molecular weight excluding hydrogens is 318 g/mol. The molecule has 2 heterocycles. The van der Waals surface area contributed by atoms with E-state index < -0.39 is 0 Å². The SMILES string of the molecule is CCOC(=O)C1CCN(C(=NC)NCCCCn2ccnc2C)CC1. The predicted octanol–water partition coefficient (Wildman–Crippen LogP) is 1.82. The molecule has 1 fully saturated rings. The molecule has 0 unspecified atom stereocenters. The number of aromatic nitrogens is 2. The standard InChI is InChI=1S/C18H31N5O2/c1-4-25-17(24)16-7-12-23(13-8-16)18(19-3)21-9-5-6-11-22-14-10-20-15(22)2/h10,14,16H,4-9,11-13H2,1-3H3,(H,19,21). The molecule has 7 nitrogen and oxygen atoms in total. The van der Waals surface area contributed by atoms with Crippen LogP contribution >= 0.6 is 0 Å². The first-order chi connectivity index (χ1) is 12.2. The number of aliphatic imine (C=N–C) groups is 1. The van der Waals surface area contributed by atoms with E-state index in [2.05, 4.69) is 24.8 Å². The van der Waals surface area contributed by atoms with Crippen molar-refractivity contribution in [3.05, 3.63) is 18.2 Å². The Hall–Kier alpha value is -2.05. The van der Waals surface area contributed by atoms with Crippen molar-refractivity contribution in [2.24, 2.45) is 10.9 Å². The second kappa shape index (κ2) is 10.1. The van der Waals surface area contributed by atoms with Gasteiger partial charge in [0.1, 0.15) is 5.82 Å². The fraction of sp³-hybridized carbons (Fsp3) is 0.722. The first kappa shape index (κ1) is 19.3. The third-order valence-electron chi connectivity index (χ3n) is 4.66. The number of rotatable bonds is 7. The molecule has 0 atom stereocenters. The minimum atomic E-state index is -0.0557. The molecule has 25 heavy (non-hydrogen) atoms. The second-order valence-electron chi connectivity index (χ2n) is 6.36. The highest BCUT2D eigenvalue weighted by atomic mass is 16.5. The molecule has 0 saturated carbocycles. The molecule has 1 N–H and O–H groups in total. The number of nitrogens with one attached hydrogen (secondary N) is 1. The zero-order valence-electron chi connectivity index (χ0n) is 15.7. The highest BCUT2D eigenvalue weighted by molar-refractivity contribution is 5.80. The zero-order valence-corrected chi connectivity index (χ0v) is 15.7. The van der Waals surface area contributed by atoms with Gasteiger partial charge in [-0.2, -0.15) is 0 Å². The Morgan fingerprint density at radius 3 is 2.76 bits per heavy atom. The van der Waals surface area contributed by atoms with Crippen LogP contribution in [0.5, 0.6) is 0 Å². The van der Waals surface area contributed by atoms with Crippen LogP contribution in [-0.4, -0.2) is 59.7 Å². The van der Waals surface area contributed by atoms with Crippen molar-refractivity contribution in [3.63, 3.8) is 0 Å². The second-order valence-corrected chi connectivity index (χ2v) is 6.36. The Kier molecular flexibility index (Phi) is 7.76. The summed E-state index contributed by atoms with van der Waals surface area (Å²) in [6.07, 6.45) is 7.71. The number of hydrogen-bond acceptors (Lipinski definition) is 4. The summed E-state index contributed by atoms with van der Waals surface area (Å²) in [5.41, 5.74) is 0. The summed E-state index contributed by atoms with van der Waals surface area (Å²) in [7, 11) is 1.81. The minimum absolute atomic E-state index is 0.0349. The molecule has 1 aliphatic rings. The molecule has 7 heteroatoms. The van der Waals surface area contributed by atoms with E-state index in [1.807, 2.05) is 33.3 Å². The summed E-state index contributed by atoms with van der Waals surface area (Å²) in [6.45, 7) is 7.93. The molecule has 0 radical (unpaired) electrons. The third-order valence-corrected chi connectivity index (χ3v) is 4.66. The van der Waals surface area contributed by atoms with Crippen LogP contribution in [0.3, 0.4) is 0 Å². The number of hydrogen-bond donors (Lipinski definition) is 1. The molecule has 0 bridgehead atoms. The van der Waals surface area contributed by atoms with Crippen molar-refractivity contribution < 1.29 is 9.53 Å². The van der Waals surface area contributed by atoms with Gasteiger partial charge in [-0.1, -0.05) is 0 Å². The first-order valence-corrected chi connectivity index (χ1v) is 9.25. The van der Waals surface area contributed by atoms with Gasteiger partial charge in [-0.3, -0.25) is 9.79 Å². The maximum Gasteiger partial charge on any atom is 0.309 e. The largest absolute Gasteiger partial charge is 0.466 e. The maximum atomic E-state index is 11.8. The van der Waals surface area contributed by atoms with Gasteiger partial charge in [0.25, 0.3) is 0 Å². The molecule has 0 spiro atoms. The topological polar surface area (TPSA) is 71.8 Å². The number of carbonyl (C=O) groups excluding carboxylic acids is 1. The first-order valence-electron chi connectivity index (χ1n) is 9.25. The van der Waals surface area contributed by atoms with Crippen LogP contribution in [0, 0.1) is 12.8 Å². The van der Waals surface area contributed by atoms with E-state index in [0.29, 0.717) is 6.61 Å². The molecular formula is C18H31N5O2. The van der Waals surface area contributed by atoms with Crippen LogP contribution < -0.4 is 5.32 Å². The Morgan fingerprint density at radius 2 is 2.16 bits per heavy atom. The smallest absolute Gasteiger partial charge is 0.309 e. The predicted molar refractivity (Wildman–Crippen MR) is 98.5 cm³/mol. The van der Waals surface area contributed by atoms with Crippen molar-refractivity contribution in [2.75, 3.05) is 33.3 Å². The molecule has 1 saturated heterocycles. The van der Waals surface area contributed by atoms with Crippen LogP contribution in [-0.2, 0) is 16.1 Å². The molecule has 0 aromatic carbocycles. The van der Waals surface area contributed by atoms with Crippen molar-refractivity contribution in [3.8, 4) is 0 Å². The molecule has 0 amide bonds. The third kappa shape index (κ3) is 5.76. The monoisotopic (exact) mass is 349 g/mol. The van der Waals surface area contributed by atoms with Crippen molar-refractivity contribution in [1.29, 1.82) is 0 Å². The molecule has 1 aliphatic heterocycles. The summed E-state index contributed by atoms with van der Waals surface area (Å²) in [6, 6.07) is 0. The van der Waals surface area contributed by atoms with E-state index >= 15 is 0 Å². The number of piperidine rings is 1. The van der Waals surface area contributed by atoms with Crippen LogP contribution in [0.1, 0.15) is 38.4 Å². The van der Waals surface area contributed by atoms with E-state index in [4.69, 9.17) is 4.74 Å². The van der Waals surface area contributed by atoms with Crippen LogP contribution in [0.4, 0.5) is 0 Å². The zero-order chi connectivity index (χ0) is 18.1. The number of nitrogens with zero attached hydrogens (tertiary/aromatic N) is 4. The number of esters is 1. The highest BCUT2D eigenvalue weighted by Gasteiger charge is 2.27. The molecule has 2 rings (SSSR count). The number of aryl methyl sites for hydroxylation is 2. The lowest BCUT2D eigenvalue weighted by molar-refractivity contribution is -0.149. The van der Waals surface area contributed by atoms with Crippen LogP contribution in [0.25, 0.3) is 0 Å². The van der Waals surface area contributed by atoms with Gasteiger partial charge in [-0.25, -0.2) is 4.98 Å². The highest BCUT2D eigenvalue weighted by Crippen LogP contribution is 2.18. The number of unbranched alkanes of at least 4 members (excludes halogenated alkanes) is 1. The summed E-state index contributed by atoms with van der Waals surface area (Å²) in [4.78, 5) is 22.7. The van der Waals surface area contributed by atoms with Gasteiger partial charge in [0.05, 0.1) is 12.5 Å². The van der Waals surface area contributed by atoms with Crippen LogP contribution in [0.15, 0.2) is 17.4 Å². The Balaban J connectivity index is 1.65. The fourth-order valence-electron chi connectivity index (χ4n) is 3.17. The minimum Gasteiger partial charge on any atom is -0.466 e. The average molecular weight is 349 g/mol. The van der Waals surface area contributed by atoms with Crippen molar-refractivity contribution >= 4 is 11.9 Å². The van der Waals surface area contributed by atoms with Crippen molar-refractivity contribution in [1.82, 2.24) is 19.8 Å². The summed E-state index contributed by atoms with van der Waals surface area (Å²) >= 11 is 0. The molecule has 140 valence electrons. The number of guanidine groups is 1. The van der Waals surface area contributed by atoms with Crippen LogP contribution in [0.2, 0.25) is 0 Å². The number of carbonyl (C=O) groups is 1. The Labute approximate surface area is 150 Å². The maximum absolute atomic E-state index is 11.8. The molecule has 1 aromatic rings. The van der Waals surface area contributed by atoms with E-state index in [-0.39, 0.29) is 11.9 Å². The van der Waals surface area contributed by atoms with Gasteiger partial charge >= 0.3 is 5.97 Å². The number of ether oxygens (including phenoxy) is 1. The summed E-state index contributed by atoms with van der Waals surface area (Å²) in [5, 5.41) is 3.44. The lowest BCUT2D eigenvalue weighted by Gasteiger charge is -2.33. The van der Waals surface area contributed by atoms with Gasteiger partial charge in [-0.15, -0.1) is 0 Å². The Morgan fingerprint density at radius 1 is 1.40 bits per heavy atom. The van der Waals surface area contributed by atoms with E-state index in [1.54, 1.807) is 0 Å². The van der Waals surface area contributed by atoms with E-state index in [9.17, 15) is 4.79 Å². The van der Waals surface area contributed by atoms with Crippen molar-refractivity contribution in [2.45, 2.75) is 46.1 Å². The Bertz CT molecular complexity index is 562. The lowest BCUT2D eigenvalue weighted by atomic mass is 9.97. The average Bonchev–Trinajstić information content (AvgIpc) is 3.03. The van der Waals surface area contributed by atoms with E-state index in [0.717, 1.165) is 63.6 Å². The van der Waals surface area contributed by atoms with Gasteiger partial charge in [0.15, 0.2) is 5.96 Å². The van der Waals surface area contributed by atoms with E-state index in [1.165, 1.54) is 0 Å². The molecule has 0 aliphatic carbocycles. The normalized spacial score (nSPS) is 16.1. The number of likely N-dealkylation sites (tertiary alicyclic amines) is 1. The van der Waals surface area contributed by atoms with Gasteiger partial charge < -0.3 is 19.5 Å². The lowest BCUT2D eigenvalue weighted by Crippen LogP contribution is -2.46. The van der Waals surface area contributed by atoms with Gasteiger partial charge in [0.2, 0.25) is 0 Å². The van der Waals surface area contributed by atoms with Gasteiger partial charge in [-0.05, 0) is 39.5 Å². The quantitative estimate of drug-likeness (QED) is 0.352.